The van der Waals surface area contributed by atoms with Gasteiger partial charge in [0.25, 0.3) is 11.8 Å². The molecule has 0 spiro atoms. The molecule has 3 rings (SSSR count). The minimum atomic E-state index is -0.612. The van der Waals surface area contributed by atoms with E-state index in [4.69, 9.17) is 11.0 Å². The Balaban J connectivity index is 1.94. The summed E-state index contributed by atoms with van der Waals surface area (Å²) in [6, 6.07) is 19.5. The van der Waals surface area contributed by atoms with Gasteiger partial charge in [-0.25, -0.2) is 0 Å². The largest absolute Gasteiger partial charge is 0.366 e. The molecule has 0 aliphatic rings. The van der Waals surface area contributed by atoms with Crippen molar-refractivity contribution in [3.63, 3.8) is 0 Å². The Bertz CT molecular complexity index is 987. The van der Waals surface area contributed by atoms with E-state index >= 15 is 0 Å². The first-order chi connectivity index (χ1) is 12.1. The quantitative estimate of drug-likeness (QED) is 0.754. The van der Waals surface area contributed by atoms with Gasteiger partial charge in [0.1, 0.15) is 5.00 Å². The smallest absolute Gasteiger partial charge is 0.256 e. The predicted molar refractivity (Wildman–Crippen MR) is 97.4 cm³/mol. The Kier molecular flexibility index (Phi) is 4.59. The number of thiophene rings is 1. The number of rotatable bonds is 4. The number of hydrogen-bond donors (Lipinski definition) is 2. The molecule has 25 heavy (non-hydrogen) atoms. The number of hydrogen-bond acceptors (Lipinski definition) is 4. The second kappa shape index (κ2) is 6.99. The first-order valence-corrected chi connectivity index (χ1v) is 8.20. The van der Waals surface area contributed by atoms with Gasteiger partial charge in [-0.3, -0.25) is 9.59 Å². The van der Waals surface area contributed by atoms with Crippen molar-refractivity contribution in [1.82, 2.24) is 0 Å². The first kappa shape index (κ1) is 16.4. The fourth-order valence-electron chi connectivity index (χ4n) is 2.32. The number of carbonyl (C=O) groups excluding carboxylic acids is 2. The van der Waals surface area contributed by atoms with E-state index in [0.29, 0.717) is 16.1 Å². The fourth-order valence-corrected chi connectivity index (χ4v) is 3.38. The van der Waals surface area contributed by atoms with Crippen LogP contribution in [0.3, 0.4) is 0 Å². The number of nitrogens with zero attached hydrogens (tertiary/aromatic N) is 1. The highest BCUT2D eigenvalue weighted by atomic mass is 32.1. The lowest BCUT2D eigenvalue weighted by molar-refractivity contribution is 0.100. The fraction of sp³-hybridized carbons (Fsp3) is 0. The third-order valence-electron chi connectivity index (χ3n) is 3.54. The molecule has 0 unspecified atom stereocenters. The van der Waals surface area contributed by atoms with Crippen molar-refractivity contribution in [3.05, 3.63) is 77.4 Å². The minimum absolute atomic E-state index is 0.258. The van der Waals surface area contributed by atoms with Gasteiger partial charge in [0.15, 0.2) is 0 Å². The number of carbonyl (C=O) groups is 2. The highest BCUT2D eigenvalue weighted by molar-refractivity contribution is 7.20. The van der Waals surface area contributed by atoms with Gasteiger partial charge in [-0.15, -0.1) is 11.3 Å². The number of nitrogens with one attached hydrogen (secondary N) is 1. The third-order valence-corrected chi connectivity index (χ3v) is 4.64. The second-order valence-electron chi connectivity index (χ2n) is 5.23. The maximum absolute atomic E-state index is 12.4. The zero-order valence-electron chi connectivity index (χ0n) is 13.0. The molecule has 3 aromatic rings. The number of amides is 2. The van der Waals surface area contributed by atoms with Gasteiger partial charge >= 0.3 is 0 Å². The summed E-state index contributed by atoms with van der Waals surface area (Å²) in [5, 5.41) is 12.0. The van der Waals surface area contributed by atoms with Crippen LogP contribution in [-0.4, -0.2) is 11.8 Å². The molecule has 0 saturated carbocycles. The summed E-state index contributed by atoms with van der Waals surface area (Å²) in [4.78, 5) is 25.0. The van der Waals surface area contributed by atoms with E-state index in [1.807, 2.05) is 36.4 Å². The van der Waals surface area contributed by atoms with Crippen LogP contribution in [-0.2, 0) is 0 Å². The van der Waals surface area contributed by atoms with Crippen LogP contribution in [0.25, 0.3) is 10.4 Å². The average Bonchev–Trinajstić information content (AvgIpc) is 3.06. The summed E-state index contributed by atoms with van der Waals surface area (Å²) in [5.74, 6) is -1.01. The lowest BCUT2D eigenvalue weighted by Crippen LogP contribution is -2.16. The van der Waals surface area contributed by atoms with Crippen molar-refractivity contribution < 1.29 is 9.59 Å². The van der Waals surface area contributed by atoms with Crippen LogP contribution in [0.2, 0.25) is 0 Å². The topological polar surface area (TPSA) is 96.0 Å². The van der Waals surface area contributed by atoms with Gasteiger partial charge in [0.2, 0.25) is 0 Å². The number of anilines is 1. The summed E-state index contributed by atoms with van der Waals surface area (Å²) >= 11 is 1.28. The number of benzene rings is 2. The highest BCUT2D eigenvalue weighted by Crippen LogP contribution is 2.35. The first-order valence-electron chi connectivity index (χ1n) is 7.39. The molecule has 0 radical (unpaired) electrons. The van der Waals surface area contributed by atoms with Crippen LogP contribution in [0, 0.1) is 11.3 Å². The lowest BCUT2D eigenvalue weighted by Gasteiger charge is -2.04. The molecule has 6 heteroatoms. The van der Waals surface area contributed by atoms with E-state index in [0.717, 1.165) is 10.4 Å². The van der Waals surface area contributed by atoms with E-state index in [-0.39, 0.29) is 5.56 Å². The molecule has 0 bridgehead atoms. The van der Waals surface area contributed by atoms with Crippen molar-refractivity contribution in [2.24, 2.45) is 5.73 Å². The molecule has 122 valence electrons. The van der Waals surface area contributed by atoms with Gasteiger partial charge in [0, 0.05) is 10.4 Å². The molecule has 1 heterocycles. The Hall–Kier alpha value is -3.43. The van der Waals surface area contributed by atoms with Crippen molar-refractivity contribution in [1.29, 1.82) is 5.26 Å². The number of primary amides is 1. The Morgan fingerprint density at radius 1 is 1.04 bits per heavy atom. The van der Waals surface area contributed by atoms with Crippen molar-refractivity contribution in [2.75, 3.05) is 5.32 Å². The zero-order chi connectivity index (χ0) is 17.8. The van der Waals surface area contributed by atoms with Gasteiger partial charge in [0.05, 0.1) is 17.2 Å². The monoisotopic (exact) mass is 347 g/mol. The maximum atomic E-state index is 12.4. The molecule has 2 aromatic carbocycles. The van der Waals surface area contributed by atoms with Crippen LogP contribution in [0.1, 0.15) is 26.3 Å². The normalized spacial score (nSPS) is 10.0. The lowest BCUT2D eigenvalue weighted by atomic mass is 10.1. The van der Waals surface area contributed by atoms with Crippen LogP contribution in [0.15, 0.2) is 60.7 Å². The molecule has 2 amide bonds. The summed E-state index contributed by atoms with van der Waals surface area (Å²) in [7, 11) is 0. The summed E-state index contributed by atoms with van der Waals surface area (Å²) in [6.45, 7) is 0. The molecule has 0 aliphatic heterocycles. The molecule has 5 nitrogen and oxygen atoms in total. The van der Waals surface area contributed by atoms with Crippen LogP contribution in [0.5, 0.6) is 0 Å². The Labute approximate surface area is 148 Å². The van der Waals surface area contributed by atoms with Crippen molar-refractivity contribution in [2.45, 2.75) is 0 Å². The summed E-state index contributed by atoms with van der Waals surface area (Å²) in [6.07, 6.45) is 0. The maximum Gasteiger partial charge on any atom is 0.256 e. The van der Waals surface area contributed by atoms with Gasteiger partial charge in [-0.2, -0.15) is 5.26 Å². The average molecular weight is 347 g/mol. The number of nitrogens with two attached hydrogens (primary N) is 1. The van der Waals surface area contributed by atoms with Gasteiger partial charge in [-0.1, -0.05) is 36.4 Å². The van der Waals surface area contributed by atoms with E-state index < -0.39 is 11.8 Å². The Morgan fingerprint density at radius 2 is 1.80 bits per heavy atom. The van der Waals surface area contributed by atoms with Gasteiger partial charge < -0.3 is 11.1 Å². The second-order valence-corrected chi connectivity index (χ2v) is 6.28. The van der Waals surface area contributed by atoms with Crippen molar-refractivity contribution in [3.8, 4) is 16.5 Å². The van der Waals surface area contributed by atoms with E-state index in [1.54, 1.807) is 24.3 Å². The van der Waals surface area contributed by atoms with E-state index in [2.05, 4.69) is 5.32 Å². The molecule has 3 N–H and O–H groups in total. The standard InChI is InChI=1S/C19H13N3O2S/c20-11-12-5-4-8-14(9-12)18(24)22-19-15(17(21)23)10-16(25-19)13-6-2-1-3-7-13/h1-10H,(H2,21,23)(H,22,24). The third kappa shape index (κ3) is 3.57. The summed E-state index contributed by atoms with van der Waals surface area (Å²) in [5.41, 5.74) is 7.35. The number of nitriles is 1. The molecule has 0 atom stereocenters. The van der Waals surface area contributed by atoms with Crippen LogP contribution < -0.4 is 11.1 Å². The molecule has 1 aromatic heterocycles. The van der Waals surface area contributed by atoms with Crippen LogP contribution >= 0.6 is 11.3 Å². The van der Waals surface area contributed by atoms with E-state index in [1.165, 1.54) is 17.4 Å². The molecule has 0 aliphatic carbocycles. The highest BCUT2D eigenvalue weighted by Gasteiger charge is 2.17. The molecular weight excluding hydrogens is 334 g/mol. The molecule has 0 saturated heterocycles. The Morgan fingerprint density at radius 3 is 2.48 bits per heavy atom. The van der Waals surface area contributed by atoms with Crippen molar-refractivity contribution >= 4 is 28.2 Å². The minimum Gasteiger partial charge on any atom is -0.366 e. The van der Waals surface area contributed by atoms with Crippen LogP contribution in [0.4, 0.5) is 5.00 Å². The summed E-state index contributed by atoms with van der Waals surface area (Å²) < 4.78 is 0. The molecule has 0 fully saturated rings. The molecular formula is C19H13N3O2S. The zero-order valence-corrected chi connectivity index (χ0v) is 13.8. The SMILES string of the molecule is N#Cc1cccc(C(=O)Nc2sc(-c3ccccc3)cc2C(N)=O)c1. The predicted octanol–water partition coefficient (Wildman–Crippen LogP) is 3.64. The van der Waals surface area contributed by atoms with E-state index in [9.17, 15) is 9.59 Å². The van der Waals surface area contributed by atoms with Gasteiger partial charge in [-0.05, 0) is 29.8 Å².